The Hall–Kier alpha value is -2.22. The van der Waals surface area contributed by atoms with Crippen molar-refractivity contribution in [2.45, 2.75) is 62.6 Å². The van der Waals surface area contributed by atoms with E-state index in [0.717, 1.165) is 67.7 Å². The molecule has 2 aromatic carbocycles. The third-order valence-corrected chi connectivity index (χ3v) is 7.58. The summed E-state index contributed by atoms with van der Waals surface area (Å²) in [6.07, 6.45) is 5.95. The molecule has 1 aliphatic heterocycles. The molecule has 0 spiro atoms. The predicted octanol–water partition coefficient (Wildman–Crippen LogP) is 3.64. The minimum Gasteiger partial charge on any atom is -0.497 e. The van der Waals surface area contributed by atoms with E-state index >= 15 is 0 Å². The van der Waals surface area contributed by atoms with Crippen LogP contribution in [0.25, 0.3) is 0 Å². The third kappa shape index (κ3) is 5.00. The van der Waals surface area contributed by atoms with E-state index in [0.29, 0.717) is 4.90 Å². The zero-order valence-corrected chi connectivity index (χ0v) is 19.0. The molecule has 166 valence electrons. The first-order valence-electron chi connectivity index (χ1n) is 11.1. The van der Waals surface area contributed by atoms with Crippen LogP contribution in [0.1, 0.15) is 55.7 Å². The summed E-state index contributed by atoms with van der Waals surface area (Å²) in [6, 6.07) is 13.2. The number of nitrogens with one attached hydrogen (secondary N) is 2. The quantitative estimate of drug-likeness (QED) is 0.583. The van der Waals surface area contributed by atoms with Gasteiger partial charge in [-0.25, -0.2) is 13.1 Å². The van der Waals surface area contributed by atoms with E-state index in [1.54, 1.807) is 19.2 Å². The van der Waals surface area contributed by atoms with E-state index in [4.69, 9.17) is 9.73 Å². The Morgan fingerprint density at radius 2 is 1.90 bits per heavy atom. The number of aliphatic imine (C=N–C) groups is 1. The van der Waals surface area contributed by atoms with Crippen molar-refractivity contribution in [3.63, 3.8) is 0 Å². The van der Waals surface area contributed by atoms with Crippen LogP contribution in [-0.2, 0) is 16.4 Å². The monoisotopic (exact) mass is 441 g/mol. The van der Waals surface area contributed by atoms with Crippen molar-refractivity contribution in [3.8, 4) is 5.75 Å². The third-order valence-electron chi connectivity index (χ3n) is 6.04. The van der Waals surface area contributed by atoms with Gasteiger partial charge >= 0.3 is 0 Å². The van der Waals surface area contributed by atoms with Crippen LogP contribution in [0.2, 0.25) is 0 Å². The van der Waals surface area contributed by atoms with Crippen molar-refractivity contribution < 1.29 is 13.2 Å². The molecular formula is C24H31N3O3S. The van der Waals surface area contributed by atoms with Gasteiger partial charge in [0.1, 0.15) is 11.9 Å². The highest BCUT2D eigenvalue weighted by atomic mass is 32.2. The van der Waals surface area contributed by atoms with Gasteiger partial charge in [-0.3, -0.25) is 10.3 Å². The second-order valence-electron chi connectivity index (χ2n) is 8.30. The largest absolute Gasteiger partial charge is 0.497 e. The topological polar surface area (TPSA) is 79.8 Å². The van der Waals surface area contributed by atoms with Crippen LogP contribution in [-0.4, -0.2) is 40.0 Å². The van der Waals surface area contributed by atoms with Gasteiger partial charge in [0, 0.05) is 23.6 Å². The van der Waals surface area contributed by atoms with Crippen LogP contribution in [0.15, 0.2) is 52.4 Å². The molecule has 1 fully saturated rings. The average Bonchev–Trinajstić information content (AvgIpc) is 2.75. The first-order chi connectivity index (χ1) is 15.0. The van der Waals surface area contributed by atoms with Crippen LogP contribution in [0.4, 0.5) is 0 Å². The van der Waals surface area contributed by atoms with Crippen molar-refractivity contribution >= 4 is 15.7 Å². The van der Waals surface area contributed by atoms with E-state index in [-0.39, 0.29) is 12.2 Å². The molecule has 31 heavy (non-hydrogen) atoms. The van der Waals surface area contributed by atoms with Gasteiger partial charge < -0.3 is 4.74 Å². The van der Waals surface area contributed by atoms with Crippen LogP contribution in [0, 0.1) is 0 Å². The molecule has 2 N–H and O–H groups in total. The molecule has 4 rings (SSSR count). The first-order valence-corrected chi connectivity index (χ1v) is 12.6. The molecule has 0 amide bonds. The van der Waals surface area contributed by atoms with Crippen molar-refractivity contribution in [2.24, 2.45) is 4.99 Å². The molecule has 1 aliphatic carbocycles. The molecule has 0 unspecified atom stereocenters. The van der Waals surface area contributed by atoms with Crippen LogP contribution < -0.4 is 14.8 Å². The lowest BCUT2D eigenvalue weighted by atomic mass is 9.92. The summed E-state index contributed by atoms with van der Waals surface area (Å²) in [5, 5.41) is 3.54. The maximum atomic E-state index is 12.6. The number of unbranched alkanes of at least 4 members (excludes halogenated alkanes) is 1. The zero-order chi connectivity index (χ0) is 21.8. The summed E-state index contributed by atoms with van der Waals surface area (Å²) in [7, 11) is -1.81. The normalized spacial score (nSPS) is 18.8. The SMILES string of the molecule is CCCCN[C@H]1Cc2cc(OC)ccc2C(c2ccc(S(=O)(=O)NC3CCC3)cc2)=N1. The lowest BCUT2D eigenvalue weighted by Crippen LogP contribution is -2.39. The highest BCUT2D eigenvalue weighted by Crippen LogP contribution is 2.27. The number of hydrogen-bond acceptors (Lipinski definition) is 5. The van der Waals surface area contributed by atoms with Gasteiger partial charge in [-0.2, -0.15) is 0 Å². The average molecular weight is 442 g/mol. The number of fused-ring (bicyclic) bond motifs is 1. The lowest BCUT2D eigenvalue weighted by molar-refractivity contribution is 0.383. The number of benzene rings is 2. The molecule has 2 aliphatic rings. The zero-order valence-electron chi connectivity index (χ0n) is 18.2. The fourth-order valence-electron chi connectivity index (χ4n) is 3.98. The van der Waals surface area contributed by atoms with Crippen LogP contribution in [0.5, 0.6) is 5.75 Å². The smallest absolute Gasteiger partial charge is 0.240 e. The molecule has 2 aromatic rings. The van der Waals surface area contributed by atoms with Gasteiger partial charge in [0.05, 0.1) is 17.7 Å². The van der Waals surface area contributed by atoms with Crippen molar-refractivity contribution in [3.05, 3.63) is 59.2 Å². The fourth-order valence-corrected chi connectivity index (χ4v) is 5.28. The number of methoxy groups -OCH3 is 1. The van der Waals surface area contributed by atoms with Crippen molar-refractivity contribution in [2.75, 3.05) is 13.7 Å². The second-order valence-corrected chi connectivity index (χ2v) is 10.0. The molecule has 1 saturated carbocycles. The standard InChI is InChI=1S/C24H31N3O3S/c1-3-4-14-25-23-16-18-15-20(30-2)10-13-22(18)24(26-23)17-8-11-21(12-9-17)31(28,29)27-19-6-5-7-19/h8-13,15,19,23,25,27H,3-7,14,16H2,1-2H3/t23-/m1/s1. The molecule has 0 radical (unpaired) electrons. The Kier molecular flexibility index (Phi) is 6.74. The summed E-state index contributed by atoms with van der Waals surface area (Å²) in [5.74, 6) is 0.829. The number of rotatable bonds is 9. The Bertz CT molecular complexity index is 1040. The maximum absolute atomic E-state index is 12.6. The van der Waals surface area contributed by atoms with Gasteiger partial charge in [-0.05, 0) is 61.7 Å². The summed E-state index contributed by atoms with van der Waals surface area (Å²) < 4.78 is 33.5. The number of nitrogens with zero attached hydrogens (tertiary/aromatic N) is 1. The molecular weight excluding hydrogens is 410 g/mol. The highest BCUT2D eigenvalue weighted by Gasteiger charge is 2.26. The van der Waals surface area contributed by atoms with Gasteiger partial charge in [0.2, 0.25) is 10.0 Å². The summed E-state index contributed by atoms with van der Waals surface area (Å²) >= 11 is 0. The number of hydrogen-bond donors (Lipinski definition) is 2. The molecule has 0 saturated heterocycles. The molecule has 6 nitrogen and oxygen atoms in total. The fraction of sp³-hybridized carbons (Fsp3) is 0.458. The minimum atomic E-state index is -3.48. The number of sulfonamides is 1. The molecule has 1 atom stereocenters. The van der Waals surface area contributed by atoms with E-state index < -0.39 is 10.0 Å². The predicted molar refractivity (Wildman–Crippen MR) is 123 cm³/mol. The van der Waals surface area contributed by atoms with E-state index in [1.165, 1.54) is 5.56 Å². The van der Waals surface area contributed by atoms with E-state index in [9.17, 15) is 8.42 Å². The van der Waals surface area contributed by atoms with Gasteiger partial charge in [-0.15, -0.1) is 0 Å². The Morgan fingerprint density at radius 1 is 1.13 bits per heavy atom. The van der Waals surface area contributed by atoms with Crippen LogP contribution in [0.3, 0.4) is 0 Å². The molecule has 7 heteroatoms. The lowest BCUT2D eigenvalue weighted by Gasteiger charge is -2.26. The summed E-state index contributed by atoms with van der Waals surface area (Å²) in [4.78, 5) is 5.28. The Morgan fingerprint density at radius 3 is 2.55 bits per heavy atom. The Labute approximate surface area is 185 Å². The van der Waals surface area contributed by atoms with E-state index in [1.807, 2.05) is 24.3 Å². The highest BCUT2D eigenvalue weighted by molar-refractivity contribution is 7.89. The molecule has 0 aromatic heterocycles. The summed E-state index contributed by atoms with van der Waals surface area (Å²) in [5.41, 5.74) is 4.05. The molecule has 1 heterocycles. The summed E-state index contributed by atoms with van der Waals surface area (Å²) in [6.45, 7) is 3.09. The van der Waals surface area contributed by atoms with Crippen molar-refractivity contribution in [1.29, 1.82) is 0 Å². The Balaban J connectivity index is 1.62. The maximum Gasteiger partial charge on any atom is 0.240 e. The van der Waals surface area contributed by atoms with E-state index in [2.05, 4.69) is 23.0 Å². The first kappa shape index (κ1) is 22.0. The molecule has 0 bridgehead atoms. The van der Waals surface area contributed by atoms with Crippen LogP contribution >= 0.6 is 0 Å². The second kappa shape index (κ2) is 9.51. The van der Waals surface area contributed by atoms with Crippen molar-refractivity contribution in [1.82, 2.24) is 10.0 Å². The van der Waals surface area contributed by atoms with Gasteiger partial charge in [0.15, 0.2) is 0 Å². The number of ether oxygens (including phenoxy) is 1. The van der Waals surface area contributed by atoms with Gasteiger partial charge in [-0.1, -0.05) is 31.9 Å². The minimum absolute atomic E-state index is 0.00940. The van der Waals surface area contributed by atoms with Gasteiger partial charge in [0.25, 0.3) is 0 Å².